The van der Waals surface area contributed by atoms with Gasteiger partial charge in [0.05, 0.1) is 0 Å². The van der Waals surface area contributed by atoms with E-state index in [2.05, 4.69) is 21.3 Å². The maximum atomic E-state index is 12.8. The van der Waals surface area contributed by atoms with Crippen molar-refractivity contribution in [1.82, 2.24) is 5.32 Å². The van der Waals surface area contributed by atoms with E-state index in [0.29, 0.717) is 29.0 Å². The summed E-state index contributed by atoms with van der Waals surface area (Å²) < 4.78 is 0. The number of rotatable bonds is 9. The van der Waals surface area contributed by atoms with E-state index in [-0.39, 0.29) is 17.8 Å². The molecule has 4 amide bonds. The van der Waals surface area contributed by atoms with Gasteiger partial charge in [-0.15, -0.1) is 0 Å². The van der Waals surface area contributed by atoms with E-state index < -0.39 is 6.04 Å². The molecule has 1 unspecified atom stereocenters. The highest BCUT2D eigenvalue weighted by molar-refractivity contribution is 7.98. The number of carbonyl (C=O) groups excluding carboxylic acids is 3. The standard InChI is InChI=1S/C25H26N4O3S/c1-33-17-16-22(29-23(30)18-8-4-2-5-9-18)24(31)26-20-12-14-21(15-13-20)28-25(32)27-19-10-6-3-7-11-19/h2-15,22H,16-17H2,1H3,(H,26,31)(H,29,30)(H2,27,28,32). The lowest BCUT2D eigenvalue weighted by Crippen LogP contribution is -2.44. The third-order valence-electron chi connectivity index (χ3n) is 4.71. The summed E-state index contributed by atoms with van der Waals surface area (Å²) in [6, 6.07) is 23.7. The predicted molar refractivity (Wildman–Crippen MR) is 135 cm³/mol. The Kier molecular flexibility index (Phi) is 8.90. The molecule has 1 atom stereocenters. The minimum atomic E-state index is -0.667. The molecule has 3 aromatic carbocycles. The van der Waals surface area contributed by atoms with Crippen LogP contribution in [-0.4, -0.2) is 35.9 Å². The lowest BCUT2D eigenvalue weighted by Gasteiger charge is -2.18. The number of urea groups is 1. The molecule has 3 aromatic rings. The van der Waals surface area contributed by atoms with Gasteiger partial charge in [-0.2, -0.15) is 11.8 Å². The Morgan fingerprint density at radius 3 is 1.82 bits per heavy atom. The van der Waals surface area contributed by atoms with Crippen molar-refractivity contribution in [3.05, 3.63) is 90.5 Å². The average Bonchev–Trinajstić information content (AvgIpc) is 2.84. The zero-order valence-corrected chi connectivity index (χ0v) is 19.0. The van der Waals surface area contributed by atoms with Gasteiger partial charge in [-0.05, 0) is 67.0 Å². The van der Waals surface area contributed by atoms with Gasteiger partial charge < -0.3 is 21.3 Å². The average molecular weight is 463 g/mol. The summed E-state index contributed by atoms with van der Waals surface area (Å²) >= 11 is 1.61. The Labute approximate surface area is 197 Å². The van der Waals surface area contributed by atoms with E-state index in [1.54, 1.807) is 72.4 Å². The van der Waals surface area contributed by atoms with E-state index in [9.17, 15) is 14.4 Å². The summed E-state index contributed by atoms with van der Waals surface area (Å²) in [5.74, 6) is 0.142. The number of carbonyl (C=O) groups is 3. The van der Waals surface area contributed by atoms with Crippen LogP contribution in [0.4, 0.5) is 21.9 Å². The van der Waals surface area contributed by atoms with Gasteiger partial charge in [0.2, 0.25) is 5.91 Å². The van der Waals surface area contributed by atoms with Crippen molar-refractivity contribution in [2.45, 2.75) is 12.5 Å². The lowest BCUT2D eigenvalue weighted by molar-refractivity contribution is -0.118. The highest BCUT2D eigenvalue weighted by Crippen LogP contribution is 2.15. The molecule has 0 bridgehead atoms. The molecule has 4 N–H and O–H groups in total. The lowest BCUT2D eigenvalue weighted by atomic mass is 10.1. The van der Waals surface area contributed by atoms with Crippen LogP contribution in [-0.2, 0) is 4.79 Å². The first kappa shape index (κ1) is 23.9. The molecule has 0 aliphatic carbocycles. The topological polar surface area (TPSA) is 99.3 Å². The first-order chi connectivity index (χ1) is 16.0. The Morgan fingerprint density at radius 2 is 1.24 bits per heavy atom. The van der Waals surface area contributed by atoms with Crippen LogP contribution in [0.5, 0.6) is 0 Å². The molecule has 0 aliphatic rings. The van der Waals surface area contributed by atoms with Gasteiger partial charge in [-0.1, -0.05) is 36.4 Å². The third kappa shape index (κ3) is 7.69. The number of nitrogens with one attached hydrogen (secondary N) is 4. The van der Waals surface area contributed by atoms with E-state index in [0.717, 1.165) is 5.75 Å². The predicted octanol–water partition coefficient (Wildman–Crippen LogP) is 4.82. The molecule has 0 aliphatic heterocycles. The van der Waals surface area contributed by atoms with E-state index in [1.165, 1.54) is 0 Å². The van der Waals surface area contributed by atoms with Crippen molar-refractivity contribution in [2.75, 3.05) is 28.0 Å². The van der Waals surface area contributed by atoms with Crippen LogP contribution in [0.1, 0.15) is 16.8 Å². The molecule has 0 saturated heterocycles. The molecular weight excluding hydrogens is 436 g/mol. The molecule has 7 nitrogen and oxygen atoms in total. The molecule has 33 heavy (non-hydrogen) atoms. The highest BCUT2D eigenvalue weighted by atomic mass is 32.2. The monoisotopic (exact) mass is 462 g/mol. The second kappa shape index (κ2) is 12.3. The fraction of sp³-hybridized carbons (Fsp3) is 0.160. The van der Waals surface area contributed by atoms with E-state index in [1.807, 2.05) is 30.5 Å². The van der Waals surface area contributed by atoms with Gasteiger partial charge in [-0.25, -0.2) is 4.79 Å². The number of amides is 4. The second-order valence-corrected chi connectivity index (χ2v) is 8.17. The summed E-state index contributed by atoms with van der Waals surface area (Å²) in [6.07, 6.45) is 2.46. The van der Waals surface area contributed by atoms with Crippen LogP contribution in [0.2, 0.25) is 0 Å². The zero-order valence-electron chi connectivity index (χ0n) is 18.2. The molecule has 170 valence electrons. The Balaban J connectivity index is 1.57. The van der Waals surface area contributed by atoms with Gasteiger partial charge in [0.15, 0.2) is 0 Å². The molecule has 0 aromatic heterocycles. The zero-order chi connectivity index (χ0) is 23.5. The molecule has 0 radical (unpaired) electrons. The van der Waals surface area contributed by atoms with E-state index in [4.69, 9.17) is 0 Å². The first-order valence-electron chi connectivity index (χ1n) is 10.4. The van der Waals surface area contributed by atoms with Crippen molar-refractivity contribution >= 4 is 46.7 Å². The number of hydrogen-bond acceptors (Lipinski definition) is 4. The maximum absolute atomic E-state index is 12.8. The highest BCUT2D eigenvalue weighted by Gasteiger charge is 2.21. The summed E-state index contributed by atoms with van der Waals surface area (Å²) in [5.41, 5.74) is 2.34. The quantitative estimate of drug-likeness (QED) is 0.366. The first-order valence-corrected chi connectivity index (χ1v) is 11.8. The summed E-state index contributed by atoms with van der Waals surface area (Å²) in [4.78, 5) is 37.5. The van der Waals surface area contributed by atoms with Crippen LogP contribution >= 0.6 is 11.8 Å². The van der Waals surface area contributed by atoms with Crippen molar-refractivity contribution < 1.29 is 14.4 Å². The fourth-order valence-corrected chi connectivity index (χ4v) is 3.49. The van der Waals surface area contributed by atoms with Gasteiger partial charge in [0.1, 0.15) is 6.04 Å². The molecular formula is C25H26N4O3S. The summed E-state index contributed by atoms with van der Waals surface area (Å²) in [6.45, 7) is 0. The van der Waals surface area contributed by atoms with Crippen molar-refractivity contribution in [1.29, 1.82) is 0 Å². The maximum Gasteiger partial charge on any atom is 0.323 e. The van der Waals surface area contributed by atoms with Crippen molar-refractivity contribution in [3.8, 4) is 0 Å². The van der Waals surface area contributed by atoms with Crippen LogP contribution < -0.4 is 21.3 Å². The van der Waals surface area contributed by atoms with Crippen molar-refractivity contribution in [3.63, 3.8) is 0 Å². The van der Waals surface area contributed by atoms with Crippen LogP contribution in [0.25, 0.3) is 0 Å². The van der Waals surface area contributed by atoms with Crippen LogP contribution in [0.15, 0.2) is 84.9 Å². The normalized spacial score (nSPS) is 11.2. The molecule has 3 rings (SSSR count). The van der Waals surface area contributed by atoms with Gasteiger partial charge in [0, 0.05) is 22.6 Å². The molecule has 0 spiro atoms. The Bertz CT molecular complexity index is 1060. The van der Waals surface area contributed by atoms with E-state index >= 15 is 0 Å². The largest absolute Gasteiger partial charge is 0.340 e. The van der Waals surface area contributed by atoms with Gasteiger partial charge >= 0.3 is 6.03 Å². The van der Waals surface area contributed by atoms with Gasteiger partial charge in [0.25, 0.3) is 5.91 Å². The number of thioether (sulfide) groups is 1. The fourth-order valence-electron chi connectivity index (χ4n) is 3.02. The Hall–Kier alpha value is -3.78. The number of para-hydroxylation sites is 1. The Morgan fingerprint density at radius 1 is 0.727 bits per heavy atom. The molecule has 0 fully saturated rings. The molecule has 8 heteroatoms. The summed E-state index contributed by atoms with van der Waals surface area (Å²) in [5, 5.41) is 11.1. The molecule has 0 heterocycles. The van der Waals surface area contributed by atoms with Crippen LogP contribution in [0.3, 0.4) is 0 Å². The van der Waals surface area contributed by atoms with Crippen LogP contribution in [0, 0.1) is 0 Å². The summed E-state index contributed by atoms with van der Waals surface area (Å²) in [7, 11) is 0. The number of hydrogen-bond donors (Lipinski definition) is 4. The second-order valence-electron chi connectivity index (χ2n) is 7.19. The minimum absolute atomic E-state index is 0.291. The minimum Gasteiger partial charge on any atom is -0.340 e. The smallest absolute Gasteiger partial charge is 0.323 e. The number of anilines is 3. The SMILES string of the molecule is CSCCC(NC(=O)c1ccccc1)C(=O)Nc1ccc(NC(=O)Nc2ccccc2)cc1. The van der Waals surface area contributed by atoms with Crippen molar-refractivity contribution in [2.24, 2.45) is 0 Å². The molecule has 0 saturated carbocycles. The third-order valence-corrected chi connectivity index (χ3v) is 5.35. The number of benzene rings is 3. The van der Waals surface area contributed by atoms with Gasteiger partial charge in [-0.3, -0.25) is 9.59 Å².